The largest absolute Gasteiger partial charge is 0.369 e. The molecule has 0 amide bonds. The molecule has 112 valence electrons. The van der Waals surface area contributed by atoms with Gasteiger partial charge in [0.25, 0.3) is 0 Å². The third kappa shape index (κ3) is 3.51. The van der Waals surface area contributed by atoms with Gasteiger partial charge in [-0.15, -0.1) is 0 Å². The first-order chi connectivity index (χ1) is 9.84. The van der Waals surface area contributed by atoms with Crippen LogP contribution in [0.1, 0.15) is 39.0 Å². The van der Waals surface area contributed by atoms with Crippen molar-refractivity contribution in [3.63, 3.8) is 0 Å². The van der Waals surface area contributed by atoms with E-state index in [0.29, 0.717) is 0 Å². The van der Waals surface area contributed by atoms with Crippen LogP contribution in [0.25, 0.3) is 11.4 Å². The van der Waals surface area contributed by atoms with Crippen LogP contribution in [0.2, 0.25) is 0 Å². The minimum Gasteiger partial charge on any atom is -0.369 e. The van der Waals surface area contributed by atoms with Gasteiger partial charge in [0.1, 0.15) is 5.82 Å². The number of pyridine rings is 1. The summed E-state index contributed by atoms with van der Waals surface area (Å²) < 4.78 is 1.09. The molecule has 0 aromatic carbocycles. The van der Waals surface area contributed by atoms with Gasteiger partial charge in [-0.25, -0.2) is 9.97 Å². The molecule has 0 saturated heterocycles. The second-order valence-corrected chi connectivity index (χ2v) is 7.11. The summed E-state index contributed by atoms with van der Waals surface area (Å²) in [5.41, 5.74) is 3.15. The van der Waals surface area contributed by atoms with Crippen molar-refractivity contribution in [2.75, 3.05) is 11.9 Å². The molecular formula is C16H21IN4. The van der Waals surface area contributed by atoms with Crippen molar-refractivity contribution in [3.8, 4) is 11.4 Å². The van der Waals surface area contributed by atoms with Crippen LogP contribution >= 0.6 is 22.6 Å². The van der Waals surface area contributed by atoms with Crippen LogP contribution in [-0.4, -0.2) is 21.5 Å². The normalized spacial score (nSPS) is 11.5. The molecule has 0 saturated carbocycles. The number of halogens is 1. The Morgan fingerprint density at radius 3 is 2.52 bits per heavy atom. The predicted molar refractivity (Wildman–Crippen MR) is 95.6 cm³/mol. The molecule has 0 aliphatic rings. The van der Waals surface area contributed by atoms with Crippen molar-refractivity contribution in [1.29, 1.82) is 0 Å². The first kappa shape index (κ1) is 16.1. The lowest BCUT2D eigenvalue weighted by Gasteiger charge is -2.22. The number of aromatic nitrogens is 3. The molecule has 2 rings (SSSR count). The molecule has 0 aliphatic carbocycles. The number of nitrogens with zero attached hydrogens (tertiary/aromatic N) is 3. The van der Waals surface area contributed by atoms with E-state index in [-0.39, 0.29) is 5.41 Å². The second-order valence-electron chi connectivity index (χ2n) is 6.03. The van der Waals surface area contributed by atoms with E-state index in [0.717, 1.165) is 38.6 Å². The van der Waals surface area contributed by atoms with E-state index in [1.54, 1.807) is 6.20 Å². The van der Waals surface area contributed by atoms with E-state index in [1.165, 1.54) is 0 Å². The topological polar surface area (TPSA) is 50.7 Å². The highest BCUT2D eigenvalue weighted by molar-refractivity contribution is 14.1. The maximum Gasteiger partial charge on any atom is 0.163 e. The average Bonchev–Trinajstić information content (AvgIpc) is 2.41. The first-order valence-corrected chi connectivity index (χ1v) is 8.15. The van der Waals surface area contributed by atoms with Crippen molar-refractivity contribution in [1.82, 2.24) is 15.0 Å². The zero-order chi connectivity index (χ0) is 15.6. The highest BCUT2D eigenvalue weighted by atomic mass is 127. The van der Waals surface area contributed by atoms with Gasteiger partial charge in [0.05, 0.1) is 9.26 Å². The van der Waals surface area contributed by atoms with E-state index in [9.17, 15) is 0 Å². The molecular weight excluding hydrogens is 375 g/mol. The van der Waals surface area contributed by atoms with Crippen LogP contribution in [0.15, 0.2) is 18.5 Å². The first-order valence-electron chi connectivity index (χ1n) is 7.07. The maximum atomic E-state index is 4.82. The summed E-state index contributed by atoms with van der Waals surface area (Å²) in [6, 6.07) is 1.99. The van der Waals surface area contributed by atoms with Crippen LogP contribution in [0.4, 0.5) is 5.82 Å². The van der Waals surface area contributed by atoms with Crippen molar-refractivity contribution < 1.29 is 0 Å². The number of nitrogens with one attached hydrogen (secondary N) is 1. The Morgan fingerprint density at radius 1 is 1.24 bits per heavy atom. The van der Waals surface area contributed by atoms with Crippen molar-refractivity contribution >= 4 is 28.4 Å². The number of hydrogen-bond acceptors (Lipinski definition) is 4. The summed E-state index contributed by atoms with van der Waals surface area (Å²) in [4.78, 5) is 13.7. The van der Waals surface area contributed by atoms with Crippen LogP contribution < -0.4 is 5.32 Å². The number of hydrogen-bond donors (Lipinski definition) is 1. The fourth-order valence-corrected chi connectivity index (χ4v) is 3.29. The van der Waals surface area contributed by atoms with Gasteiger partial charge >= 0.3 is 0 Å². The predicted octanol–water partition coefficient (Wildman–Crippen LogP) is 4.18. The molecule has 0 fully saturated rings. The van der Waals surface area contributed by atoms with Gasteiger partial charge in [-0.2, -0.15) is 0 Å². The van der Waals surface area contributed by atoms with Gasteiger partial charge in [-0.05, 0) is 48.1 Å². The summed E-state index contributed by atoms with van der Waals surface area (Å²) in [6.45, 7) is 11.5. The lowest BCUT2D eigenvalue weighted by molar-refractivity contribution is 0.564. The van der Waals surface area contributed by atoms with Crippen molar-refractivity contribution in [2.24, 2.45) is 0 Å². The van der Waals surface area contributed by atoms with E-state index in [2.05, 4.69) is 67.5 Å². The molecule has 0 spiro atoms. The van der Waals surface area contributed by atoms with E-state index < -0.39 is 0 Å². The molecule has 2 heterocycles. The number of aryl methyl sites for hydroxylation is 1. The Bertz CT molecular complexity index is 647. The summed E-state index contributed by atoms with van der Waals surface area (Å²) in [5.74, 6) is 1.64. The fraction of sp³-hybridized carbons (Fsp3) is 0.438. The zero-order valence-electron chi connectivity index (χ0n) is 13.2. The number of rotatable bonds is 3. The number of anilines is 1. The summed E-state index contributed by atoms with van der Waals surface area (Å²) in [6.07, 6.45) is 3.63. The molecule has 0 radical (unpaired) electrons. The summed E-state index contributed by atoms with van der Waals surface area (Å²) in [5, 5.41) is 3.34. The molecule has 2 aromatic rings. The molecule has 2 aromatic heterocycles. The minimum atomic E-state index is -0.0332. The Labute approximate surface area is 140 Å². The monoisotopic (exact) mass is 396 g/mol. The highest BCUT2D eigenvalue weighted by Crippen LogP contribution is 2.32. The van der Waals surface area contributed by atoms with Gasteiger partial charge in [-0.1, -0.05) is 20.8 Å². The Hall–Kier alpha value is -1.24. The Balaban J connectivity index is 2.68. The zero-order valence-corrected chi connectivity index (χ0v) is 15.3. The summed E-state index contributed by atoms with van der Waals surface area (Å²) in [7, 11) is 0. The van der Waals surface area contributed by atoms with Crippen LogP contribution in [0.3, 0.4) is 0 Å². The quantitative estimate of drug-likeness (QED) is 0.791. The Kier molecular flexibility index (Phi) is 4.81. The third-order valence-corrected chi connectivity index (χ3v) is 4.21. The van der Waals surface area contributed by atoms with Gasteiger partial charge in [-0.3, -0.25) is 4.98 Å². The fourth-order valence-electron chi connectivity index (χ4n) is 2.05. The summed E-state index contributed by atoms with van der Waals surface area (Å²) >= 11 is 2.33. The van der Waals surface area contributed by atoms with Gasteiger partial charge in [0.15, 0.2) is 5.82 Å². The SMILES string of the molecule is CCNc1nc(-c2cnccc2C)nc(C(C)(C)C)c1I. The minimum absolute atomic E-state index is 0.0332. The van der Waals surface area contributed by atoms with Crippen molar-refractivity contribution in [2.45, 2.75) is 40.0 Å². The molecule has 0 atom stereocenters. The molecule has 21 heavy (non-hydrogen) atoms. The third-order valence-electron chi connectivity index (χ3n) is 3.19. The van der Waals surface area contributed by atoms with Crippen molar-refractivity contribution in [3.05, 3.63) is 33.3 Å². The lowest BCUT2D eigenvalue weighted by Crippen LogP contribution is -2.19. The Morgan fingerprint density at radius 2 is 1.95 bits per heavy atom. The van der Waals surface area contributed by atoms with E-state index >= 15 is 0 Å². The second kappa shape index (κ2) is 6.25. The van der Waals surface area contributed by atoms with Crippen LogP contribution in [0.5, 0.6) is 0 Å². The molecule has 5 heteroatoms. The standard InChI is InChI=1S/C16H21IN4/c1-6-19-15-12(17)13(16(3,4)5)20-14(21-15)11-9-18-8-7-10(11)2/h7-9H,6H2,1-5H3,(H,19,20,21). The van der Waals surface area contributed by atoms with Crippen LogP contribution in [0, 0.1) is 10.5 Å². The molecule has 0 aliphatic heterocycles. The molecule has 0 unspecified atom stereocenters. The molecule has 0 bridgehead atoms. The van der Waals surface area contributed by atoms with Gasteiger partial charge in [0.2, 0.25) is 0 Å². The van der Waals surface area contributed by atoms with Gasteiger partial charge < -0.3 is 5.32 Å². The van der Waals surface area contributed by atoms with Gasteiger partial charge in [0, 0.05) is 29.9 Å². The highest BCUT2D eigenvalue weighted by Gasteiger charge is 2.23. The smallest absolute Gasteiger partial charge is 0.163 e. The maximum absolute atomic E-state index is 4.82. The molecule has 4 nitrogen and oxygen atoms in total. The van der Waals surface area contributed by atoms with Crippen LogP contribution in [-0.2, 0) is 5.41 Å². The van der Waals surface area contributed by atoms with E-state index in [4.69, 9.17) is 9.97 Å². The lowest BCUT2D eigenvalue weighted by atomic mass is 9.91. The average molecular weight is 396 g/mol. The van der Waals surface area contributed by atoms with E-state index in [1.807, 2.05) is 12.3 Å². The molecule has 1 N–H and O–H groups in total.